The number of pyridine rings is 1. The summed E-state index contributed by atoms with van der Waals surface area (Å²) >= 11 is 0. The molecule has 7 nitrogen and oxygen atoms in total. The van der Waals surface area contributed by atoms with Crippen molar-refractivity contribution in [3.63, 3.8) is 0 Å². The van der Waals surface area contributed by atoms with Crippen LogP contribution in [0.3, 0.4) is 0 Å². The van der Waals surface area contributed by atoms with E-state index in [2.05, 4.69) is 15.1 Å². The molecular weight excluding hydrogens is 208 g/mol. The smallest absolute Gasteiger partial charge is 0.279 e. The number of hydrogen-bond acceptors (Lipinski definition) is 5. The fourth-order valence-corrected chi connectivity index (χ4v) is 1.63. The number of hydrogen-bond donors (Lipinski definition) is 1. The molecule has 80 valence electrons. The Morgan fingerprint density at radius 1 is 1.44 bits per heavy atom. The standard InChI is InChI=1S/C9H8N6O/c1-5-12-9-11-4-6-7(15(9)13-5)2-3-14(10)8(6)16/h2-4H,10H2,1H3. The molecule has 0 fully saturated rings. The molecular formula is C9H8N6O. The molecule has 16 heavy (non-hydrogen) atoms. The van der Waals surface area contributed by atoms with Gasteiger partial charge in [0.2, 0.25) is 0 Å². The van der Waals surface area contributed by atoms with Crippen molar-refractivity contribution in [1.82, 2.24) is 24.3 Å². The lowest BCUT2D eigenvalue weighted by atomic mass is 10.3. The third-order valence-electron chi connectivity index (χ3n) is 2.37. The number of nitrogens with two attached hydrogens (primary N) is 1. The van der Waals surface area contributed by atoms with E-state index in [1.165, 1.54) is 16.9 Å². The van der Waals surface area contributed by atoms with E-state index in [0.717, 1.165) is 4.68 Å². The highest BCUT2D eigenvalue weighted by atomic mass is 16.1. The molecule has 0 aliphatic rings. The van der Waals surface area contributed by atoms with Crippen molar-refractivity contribution in [2.45, 2.75) is 6.92 Å². The minimum Gasteiger partial charge on any atom is -0.336 e. The molecule has 0 atom stereocenters. The first-order chi connectivity index (χ1) is 7.66. The SMILES string of the molecule is Cc1nc2ncc3c(=O)n(N)ccc3n2n1. The van der Waals surface area contributed by atoms with Gasteiger partial charge in [0.25, 0.3) is 11.3 Å². The summed E-state index contributed by atoms with van der Waals surface area (Å²) in [5.74, 6) is 6.55. The lowest BCUT2D eigenvalue weighted by Crippen LogP contribution is -2.26. The van der Waals surface area contributed by atoms with Crippen LogP contribution in [0, 0.1) is 6.92 Å². The zero-order valence-corrected chi connectivity index (χ0v) is 8.45. The van der Waals surface area contributed by atoms with Crippen molar-refractivity contribution >= 4 is 16.7 Å². The van der Waals surface area contributed by atoms with E-state index < -0.39 is 0 Å². The van der Waals surface area contributed by atoms with Crippen molar-refractivity contribution in [3.05, 3.63) is 34.6 Å². The molecule has 0 saturated heterocycles. The molecule has 0 aliphatic heterocycles. The summed E-state index contributed by atoms with van der Waals surface area (Å²) in [5, 5.41) is 4.59. The van der Waals surface area contributed by atoms with E-state index in [1.54, 1.807) is 13.0 Å². The first-order valence-corrected chi connectivity index (χ1v) is 4.65. The van der Waals surface area contributed by atoms with Crippen molar-refractivity contribution < 1.29 is 0 Å². The van der Waals surface area contributed by atoms with Gasteiger partial charge in [-0.2, -0.15) is 9.50 Å². The van der Waals surface area contributed by atoms with E-state index in [9.17, 15) is 4.79 Å². The highest BCUT2D eigenvalue weighted by Gasteiger charge is 2.08. The molecule has 0 aromatic carbocycles. The van der Waals surface area contributed by atoms with Crippen LogP contribution in [0.15, 0.2) is 23.3 Å². The van der Waals surface area contributed by atoms with Crippen LogP contribution in [0.2, 0.25) is 0 Å². The summed E-state index contributed by atoms with van der Waals surface area (Å²) in [7, 11) is 0. The average molecular weight is 216 g/mol. The molecule has 3 heterocycles. The lowest BCUT2D eigenvalue weighted by Gasteiger charge is -2.01. The van der Waals surface area contributed by atoms with Gasteiger partial charge < -0.3 is 5.84 Å². The van der Waals surface area contributed by atoms with Gasteiger partial charge in [-0.15, -0.1) is 5.10 Å². The van der Waals surface area contributed by atoms with Crippen molar-refractivity contribution in [2.75, 3.05) is 5.84 Å². The van der Waals surface area contributed by atoms with Crippen molar-refractivity contribution in [2.24, 2.45) is 0 Å². The first-order valence-electron chi connectivity index (χ1n) is 4.65. The van der Waals surface area contributed by atoms with Crippen molar-refractivity contribution in [1.29, 1.82) is 0 Å². The summed E-state index contributed by atoms with van der Waals surface area (Å²) in [6, 6.07) is 1.71. The normalized spacial score (nSPS) is 11.3. The Morgan fingerprint density at radius 2 is 2.25 bits per heavy atom. The van der Waals surface area contributed by atoms with Crippen LogP contribution in [0.1, 0.15) is 5.82 Å². The van der Waals surface area contributed by atoms with Crippen LogP contribution in [0.5, 0.6) is 0 Å². The maximum absolute atomic E-state index is 11.7. The number of rotatable bonds is 0. The number of fused-ring (bicyclic) bond motifs is 3. The van der Waals surface area contributed by atoms with Crippen LogP contribution >= 0.6 is 0 Å². The summed E-state index contributed by atoms with van der Waals surface area (Å²) in [5.41, 5.74) is 0.345. The largest absolute Gasteiger partial charge is 0.336 e. The fourth-order valence-electron chi connectivity index (χ4n) is 1.63. The maximum atomic E-state index is 11.7. The zero-order valence-electron chi connectivity index (χ0n) is 8.45. The summed E-state index contributed by atoms with van der Waals surface area (Å²) < 4.78 is 2.55. The highest BCUT2D eigenvalue weighted by Crippen LogP contribution is 2.08. The second-order valence-corrected chi connectivity index (χ2v) is 3.46. The quantitative estimate of drug-likeness (QED) is 0.509. The molecule has 2 N–H and O–H groups in total. The molecule has 0 aliphatic carbocycles. The number of aromatic nitrogens is 5. The van der Waals surface area contributed by atoms with E-state index in [0.29, 0.717) is 22.5 Å². The third kappa shape index (κ3) is 1.02. The summed E-state index contributed by atoms with van der Waals surface area (Å²) in [6.07, 6.45) is 2.95. The molecule has 3 rings (SSSR count). The van der Waals surface area contributed by atoms with Crippen LogP contribution in [-0.2, 0) is 0 Å². The molecule has 0 saturated carbocycles. The topological polar surface area (TPSA) is 91.1 Å². The second kappa shape index (κ2) is 2.78. The van der Waals surface area contributed by atoms with Gasteiger partial charge in [-0.1, -0.05) is 0 Å². The first kappa shape index (κ1) is 8.84. The van der Waals surface area contributed by atoms with Gasteiger partial charge in [-0.3, -0.25) is 4.79 Å². The van der Waals surface area contributed by atoms with Gasteiger partial charge in [-0.25, -0.2) is 9.66 Å². The fraction of sp³-hybridized carbons (Fsp3) is 0.111. The Kier molecular flexibility index (Phi) is 1.54. The minimum atomic E-state index is -0.306. The van der Waals surface area contributed by atoms with Gasteiger partial charge in [0, 0.05) is 12.4 Å². The van der Waals surface area contributed by atoms with Crippen LogP contribution < -0.4 is 11.4 Å². The molecule has 0 radical (unpaired) electrons. The Bertz CT molecular complexity index is 756. The lowest BCUT2D eigenvalue weighted by molar-refractivity contribution is 0.922. The predicted octanol–water partition coefficient (Wildman–Crippen LogP) is -0.539. The average Bonchev–Trinajstić information content (AvgIpc) is 2.63. The number of aryl methyl sites for hydroxylation is 1. The highest BCUT2D eigenvalue weighted by molar-refractivity contribution is 5.78. The van der Waals surface area contributed by atoms with Gasteiger partial charge in [0.15, 0.2) is 0 Å². The van der Waals surface area contributed by atoms with E-state index in [1.807, 2.05) is 0 Å². The Balaban J connectivity index is 2.62. The summed E-state index contributed by atoms with van der Waals surface area (Å²) in [6.45, 7) is 1.77. The van der Waals surface area contributed by atoms with E-state index >= 15 is 0 Å². The zero-order chi connectivity index (χ0) is 11.3. The van der Waals surface area contributed by atoms with E-state index in [4.69, 9.17) is 5.84 Å². The van der Waals surface area contributed by atoms with Crippen LogP contribution in [0.25, 0.3) is 16.7 Å². The van der Waals surface area contributed by atoms with Crippen molar-refractivity contribution in [3.8, 4) is 0 Å². The molecule has 0 bridgehead atoms. The van der Waals surface area contributed by atoms with Gasteiger partial charge in [0.05, 0.1) is 10.9 Å². The number of nitrogen functional groups attached to an aromatic ring is 1. The summed E-state index contributed by atoms with van der Waals surface area (Å²) in [4.78, 5) is 19.9. The Labute approximate surface area is 89.1 Å². The third-order valence-corrected chi connectivity index (χ3v) is 2.37. The Hall–Kier alpha value is -2.44. The molecule has 0 spiro atoms. The van der Waals surface area contributed by atoms with Gasteiger partial charge >= 0.3 is 0 Å². The molecule has 7 heteroatoms. The minimum absolute atomic E-state index is 0.306. The molecule has 3 aromatic heterocycles. The van der Waals surface area contributed by atoms with Gasteiger partial charge in [-0.05, 0) is 13.0 Å². The predicted molar refractivity (Wildman–Crippen MR) is 57.4 cm³/mol. The molecule has 3 aromatic rings. The van der Waals surface area contributed by atoms with E-state index in [-0.39, 0.29) is 5.56 Å². The van der Waals surface area contributed by atoms with Crippen LogP contribution in [-0.4, -0.2) is 24.3 Å². The molecule has 0 amide bonds. The monoisotopic (exact) mass is 216 g/mol. The van der Waals surface area contributed by atoms with Gasteiger partial charge in [0.1, 0.15) is 5.82 Å². The number of nitrogens with zero attached hydrogens (tertiary/aromatic N) is 5. The Morgan fingerprint density at radius 3 is 3.06 bits per heavy atom. The maximum Gasteiger partial charge on any atom is 0.279 e. The van der Waals surface area contributed by atoms with Crippen LogP contribution in [0.4, 0.5) is 0 Å². The second-order valence-electron chi connectivity index (χ2n) is 3.46. The molecule has 0 unspecified atom stereocenters.